The van der Waals surface area contributed by atoms with Gasteiger partial charge >= 0.3 is 0 Å². The van der Waals surface area contributed by atoms with Crippen LogP contribution < -0.4 is 11.1 Å². The first kappa shape index (κ1) is 11.2. The third-order valence-corrected chi connectivity index (χ3v) is 2.24. The zero-order valence-corrected chi connectivity index (χ0v) is 9.64. The molecular formula is C10H14N6O. The third-order valence-electron chi connectivity index (χ3n) is 2.24. The highest BCUT2D eigenvalue weighted by atomic mass is 16.2. The number of hydrogen-bond acceptors (Lipinski definition) is 4. The minimum Gasteiger partial charge on any atom is -0.382 e. The molecule has 2 rings (SSSR count). The molecule has 2 aromatic rings. The summed E-state index contributed by atoms with van der Waals surface area (Å²) in [5.74, 6) is 0.627. The average Bonchev–Trinajstić information content (AvgIpc) is 2.86. The van der Waals surface area contributed by atoms with Crippen molar-refractivity contribution in [3.8, 4) is 0 Å². The van der Waals surface area contributed by atoms with Crippen LogP contribution in [-0.2, 0) is 0 Å². The number of carbonyl (C=O) groups is 1. The molecule has 0 atom stereocenters. The molecule has 7 heteroatoms. The summed E-state index contributed by atoms with van der Waals surface area (Å²) in [6.45, 7) is 3.97. The summed E-state index contributed by atoms with van der Waals surface area (Å²) in [5.41, 5.74) is 5.75. The van der Waals surface area contributed by atoms with E-state index in [0.717, 1.165) is 0 Å². The van der Waals surface area contributed by atoms with Crippen LogP contribution in [0.3, 0.4) is 0 Å². The highest BCUT2D eigenvalue weighted by Crippen LogP contribution is 2.14. The number of aromatic nitrogens is 4. The van der Waals surface area contributed by atoms with Gasteiger partial charge in [-0.2, -0.15) is 10.2 Å². The van der Waals surface area contributed by atoms with Gasteiger partial charge in [0, 0.05) is 18.2 Å². The fourth-order valence-electron chi connectivity index (χ4n) is 1.46. The van der Waals surface area contributed by atoms with E-state index >= 15 is 0 Å². The van der Waals surface area contributed by atoms with Gasteiger partial charge in [0.15, 0.2) is 0 Å². The van der Waals surface area contributed by atoms with Crippen LogP contribution in [0.5, 0.6) is 0 Å². The van der Waals surface area contributed by atoms with Crippen LogP contribution in [0.25, 0.3) is 0 Å². The SMILES string of the molecule is CC(C)n1nccc1NC(=O)c1cc(N)n[nH]1. The van der Waals surface area contributed by atoms with E-state index in [9.17, 15) is 4.79 Å². The zero-order valence-electron chi connectivity index (χ0n) is 9.64. The number of hydrogen-bond donors (Lipinski definition) is 3. The molecule has 0 aromatic carbocycles. The minimum atomic E-state index is -0.295. The number of aromatic amines is 1. The van der Waals surface area contributed by atoms with Gasteiger partial charge in [0.25, 0.3) is 5.91 Å². The van der Waals surface area contributed by atoms with Crippen LogP contribution in [0.1, 0.15) is 30.4 Å². The molecule has 0 aliphatic carbocycles. The molecule has 0 unspecified atom stereocenters. The second-order valence-electron chi connectivity index (χ2n) is 3.92. The molecule has 4 N–H and O–H groups in total. The van der Waals surface area contributed by atoms with Crippen molar-refractivity contribution in [1.29, 1.82) is 0 Å². The molecule has 0 saturated heterocycles. The van der Waals surface area contributed by atoms with Gasteiger partial charge in [-0.15, -0.1) is 0 Å². The van der Waals surface area contributed by atoms with Gasteiger partial charge in [-0.05, 0) is 13.8 Å². The second kappa shape index (κ2) is 4.28. The summed E-state index contributed by atoms with van der Waals surface area (Å²) in [5, 5.41) is 13.1. The largest absolute Gasteiger partial charge is 0.382 e. The number of rotatable bonds is 3. The summed E-state index contributed by atoms with van der Waals surface area (Å²) < 4.78 is 1.72. The first-order chi connectivity index (χ1) is 8.08. The standard InChI is InChI=1S/C10H14N6O/c1-6(2)16-9(3-4-12-16)13-10(17)7-5-8(11)15-14-7/h3-6H,1-2H3,(H,13,17)(H3,11,14,15). The lowest BCUT2D eigenvalue weighted by atomic mass is 10.4. The Bertz CT molecular complexity index is 526. The van der Waals surface area contributed by atoms with E-state index in [2.05, 4.69) is 20.6 Å². The molecule has 0 radical (unpaired) electrons. The molecule has 0 saturated carbocycles. The topological polar surface area (TPSA) is 102 Å². The van der Waals surface area contributed by atoms with Gasteiger partial charge in [0.1, 0.15) is 17.3 Å². The lowest BCUT2D eigenvalue weighted by Crippen LogP contribution is -2.17. The van der Waals surface area contributed by atoms with E-state index in [0.29, 0.717) is 11.5 Å². The summed E-state index contributed by atoms with van der Waals surface area (Å²) in [6, 6.07) is 3.38. The molecular weight excluding hydrogens is 220 g/mol. The second-order valence-corrected chi connectivity index (χ2v) is 3.92. The predicted molar refractivity (Wildman–Crippen MR) is 63.6 cm³/mol. The summed E-state index contributed by atoms with van der Waals surface area (Å²) in [6.07, 6.45) is 1.64. The van der Waals surface area contributed by atoms with Gasteiger partial charge < -0.3 is 11.1 Å². The molecule has 17 heavy (non-hydrogen) atoms. The maximum atomic E-state index is 11.8. The first-order valence-electron chi connectivity index (χ1n) is 5.23. The van der Waals surface area contributed by atoms with Crippen molar-refractivity contribution in [3.05, 3.63) is 24.0 Å². The van der Waals surface area contributed by atoms with Crippen molar-refractivity contribution in [3.63, 3.8) is 0 Å². The Kier molecular flexibility index (Phi) is 2.82. The number of carbonyl (C=O) groups excluding carboxylic acids is 1. The summed E-state index contributed by atoms with van der Waals surface area (Å²) in [7, 11) is 0. The van der Waals surface area contributed by atoms with Crippen molar-refractivity contribution in [1.82, 2.24) is 20.0 Å². The van der Waals surface area contributed by atoms with Crippen molar-refractivity contribution >= 4 is 17.5 Å². The summed E-state index contributed by atoms with van der Waals surface area (Å²) >= 11 is 0. The Morgan fingerprint density at radius 1 is 1.59 bits per heavy atom. The van der Waals surface area contributed by atoms with E-state index in [4.69, 9.17) is 5.73 Å². The Labute approximate surface area is 98.0 Å². The van der Waals surface area contributed by atoms with Crippen LogP contribution in [0.15, 0.2) is 18.3 Å². The molecule has 0 aliphatic rings. The maximum absolute atomic E-state index is 11.8. The maximum Gasteiger partial charge on any atom is 0.274 e. The quantitative estimate of drug-likeness (QED) is 0.737. The number of nitrogen functional groups attached to an aromatic ring is 1. The Morgan fingerprint density at radius 2 is 2.35 bits per heavy atom. The fourth-order valence-corrected chi connectivity index (χ4v) is 1.46. The van der Waals surface area contributed by atoms with Crippen LogP contribution in [-0.4, -0.2) is 25.9 Å². The minimum absolute atomic E-state index is 0.173. The van der Waals surface area contributed by atoms with Gasteiger partial charge in [-0.1, -0.05) is 0 Å². The van der Waals surface area contributed by atoms with Crippen LogP contribution in [0, 0.1) is 0 Å². The number of H-pyrrole nitrogens is 1. The monoisotopic (exact) mass is 234 g/mol. The van der Waals surface area contributed by atoms with Crippen LogP contribution in [0.4, 0.5) is 11.6 Å². The summed E-state index contributed by atoms with van der Waals surface area (Å²) in [4.78, 5) is 11.8. The van der Waals surface area contributed by atoms with Gasteiger partial charge in [-0.3, -0.25) is 9.89 Å². The number of nitrogens with two attached hydrogens (primary N) is 1. The van der Waals surface area contributed by atoms with Gasteiger partial charge in [0.2, 0.25) is 0 Å². The Hall–Kier alpha value is -2.31. The predicted octanol–water partition coefficient (Wildman–Crippen LogP) is 1.02. The molecule has 0 aliphatic heterocycles. The van der Waals surface area contributed by atoms with Crippen molar-refractivity contribution < 1.29 is 4.79 Å². The van der Waals surface area contributed by atoms with Crippen molar-refractivity contribution in [2.24, 2.45) is 0 Å². The van der Waals surface area contributed by atoms with E-state index in [1.54, 1.807) is 16.9 Å². The van der Waals surface area contributed by atoms with Crippen LogP contribution in [0.2, 0.25) is 0 Å². The normalized spacial score (nSPS) is 10.8. The highest BCUT2D eigenvalue weighted by Gasteiger charge is 2.12. The van der Waals surface area contributed by atoms with Gasteiger partial charge in [0.05, 0.1) is 6.20 Å². The fraction of sp³-hybridized carbons (Fsp3) is 0.300. The molecule has 90 valence electrons. The Balaban J connectivity index is 2.16. The van der Waals surface area contributed by atoms with E-state index in [1.165, 1.54) is 6.07 Å². The molecule has 7 nitrogen and oxygen atoms in total. The zero-order chi connectivity index (χ0) is 12.4. The van der Waals surface area contributed by atoms with Crippen molar-refractivity contribution in [2.45, 2.75) is 19.9 Å². The molecule has 2 heterocycles. The lowest BCUT2D eigenvalue weighted by molar-refractivity contribution is 0.102. The van der Waals surface area contributed by atoms with E-state index < -0.39 is 0 Å². The van der Waals surface area contributed by atoms with Gasteiger partial charge in [-0.25, -0.2) is 4.68 Å². The number of nitrogens with zero attached hydrogens (tertiary/aromatic N) is 3. The average molecular weight is 234 g/mol. The number of amides is 1. The van der Waals surface area contributed by atoms with E-state index in [1.807, 2.05) is 13.8 Å². The van der Waals surface area contributed by atoms with Crippen molar-refractivity contribution in [2.75, 3.05) is 11.1 Å². The molecule has 2 aromatic heterocycles. The number of anilines is 2. The van der Waals surface area contributed by atoms with Crippen LogP contribution >= 0.6 is 0 Å². The third kappa shape index (κ3) is 2.27. The first-order valence-corrected chi connectivity index (χ1v) is 5.23. The molecule has 0 bridgehead atoms. The highest BCUT2D eigenvalue weighted by molar-refractivity contribution is 6.02. The lowest BCUT2D eigenvalue weighted by Gasteiger charge is -2.10. The molecule has 0 spiro atoms. The number of nitrogens with one attached hydrogen (secondary N) is 2. The smallest absolute Gasteiger partial charge is 0.274 e. The molecule has 0 fully saturated rings. The Morgan fingerprint density at radius 3 is 2.94 bits per heavy atom. The van der Waals surface area contributed by atoms with E-state index in [-0.39, 0.29) is 17.8 Å². The molecule has 1 amide bonds.